The average Bonchev–Trinajstić information content (AvgIpc) is 2.65. The fourth-order valence-corrected chi connectivity index (χ4v) is 4.00. The number of amides is 2. The molecule has 0 bridgehead atoms. The normalized spacial score (nSPS) is 25.9. The molecule has 1 saturated carbocycles. The molecule has 146 valence electrons. The molecule has 3 rings (SSSR count). The van der Waals surface area contributed by atoms with E-state index in [0.29, 0.717) is 37.6 Å². The second-order valence-corrected chi connectivity index (χ2v) is 8.12. The SMILES string of the molecule is Cc1ccc(C2=NN(CCC(=O)NC3CCCC(C)C3C)C(=O)CC2)cc1. The van der Waals surface area contributed by atoms with Crippen molar-refractivity contribution in [2.45, 2.75) is 65.3 Å². The molecule has 1 aromatic carbocycles. The predicted octanol–water partition coefficient (Wildman–Crippen LogP) is 3.65. The van der Waals surface area contributed by atoms with Gasteiger partial charge in [0.25, 0.3) is 0 Å². The molecule has 3 unspecified atom stereocenters. The van der Waals surface area contributed by atoms with Crippen LogP contribution in [0, 0.1) is 18.8 Å². The van der Waals surface area contributed by atoms with Crippen LogP contribution in [0.25, 0.3) is 0 Å². The Hall–Kier alpha value is -2.17. The number of nitrogens with zero attached hydrogens (tertiary/aromatic N) is 2. The maximum Gasteiger partial charge on any atom is 0.243 e. The zero-order chi connectivity index (χ0) is 19.4. The van der Waals surface area contributed by atoms with Crippen LogP contribution in [0.2, 0.25) is 0 Å². The van der Waals surface area contributed by atoms with Gasteiger partial charge in [-0.1, -0.05) is 56.5 Å². The van der Waals surface area contributed by atoms with Crippen molar-refractivity contribution in [2.75, 3.05) is 6.54 Å². The lowest BCUT2D eigenvalue weighted by Gasteiger charge is -2.34. The number of aryl methyl sites for hydroxylation is 1. The highest BCUT2D eigenvalue weighted by Gasteiger charge is 2.28. The second-order valence-electron chi connectivity index (χ2n) is 8.12. The van der Waals surface area contributed by atoms with Crippen LogP contribution in [0.15, 0.2) is 29.4 Å². The standard InChI is InChI=1S/C22H31N3O2/c1-15-7-9-18(10-8-15)20-11-12-22(27)25(24-20)14-13-21(26)23-19-6-4-5-16(2)17(19)3/h7-10,16-17,19H,4-6,11-14H2,1-3H3,(H,23,26). The molecule has 0 spiro atoms. The van der Waals surface area contributed by atoms with Crippen molar-refractivity contribution in [3.05, 3.63) is 35.4 Å². The van der Waals surface area contributed by atoms with Gasteiger partial charge < -0.3 is 5.32 Å². The van der Waals surface area contributed by atoms with Gasteiger partial charge in [0, 0.05) is 25.3 Å². The summed E-state index contributed by atoms with van der Waals surface area (Å²) in [5, 5.41) is 9.18. The van der Waals surface area contributed by atoms with Gasteiger partial charge in [-0.05, 0) is 30.7 Å². The van der Waals surface area contributed by atoms with Crippen molar-refractivity contribution in [3.63, 3.8) is 0 Å². The van der Waals surface area contributed by atoms with Crippen LogP contribution >= 0.6 is 0 Å². The van der Waals surface area contributed by atoms with Crippen LogP contribution in [0.1, 0.15) is 63.5 Å². The number of carbonyl (C=O) groups excluding carboxylic acids is 2. The first-order valence-electron chi connectivity index (χ1n) is 10.2. The van der Waals surface area contributed by atoms with E-state index in [-0.39, 0.29) is 17.9 Å². The van der Waals surface area contributed by atoms with Crippen LogP contribution in [0.5, 0.6) is 0 Å². The molecule has 1 aromatic rings. The molecular formula is C22H31N3O2. The zero-order valence-corrected chi connectivity index (χ0v) is 16.7. The lowest BCUT2D eigenvalue weighted by molar-refractivity contribution is -0.132. The van der Waals surface area contributed by atoms with Crippen LogP contribution in [-0.4, -0.2) is 35.1 Å². The monoisotopic (exact) mass is 369 g/mol. The summed E-state index contributed by atoms with van der Waals surface area (Å²) in [4.78, 5) is 24.6. The minimum atomic E-state index is -0.00156. The van der Waals surface area contributed by atoms with Gasteiger partial charge in [0.2, 0.25) is 11.8 Å². The highest BCUT2D eigenvalue weighted by atomic mass is 16.2. The van der Waals surface area contributed by atoms with Gasteiger partial charge in [-0.3, -0.25) is 9.59 Å². The maximum atomic E-state index is 12.4. The Kier molecular flexibility index (Phi) is 6.30. The fraction of sp³-hybridized carbons (Fsp3) is 0.591. The highest BCUT2D eigenvalue weighted by Crippen LogP contribution is 2.29. The Morgan fingerprint density at radius 3 is 2.67 bits per heavy atom. The Labute approximate surface area is 162 Å². The van der Waals surface area contributed by atoms with Crippen LogP contribution < -0.4 is 5.32 Å². The van der Waals surface area contributed by atoms with Gasteiger partial charge >= 0.3 is 0 Å². The molecule has 1 aliphatic carbocycles. The number of benzene rings is 1. The third-order valence-electron chi connectivity index (χ3n) is 6.09. The summed E-state index contributed by atoms with van der Waals surface area (Å²) >= 11 is 0. The van der Waals surface area contributed by atoms with Crippen molar-refractivity contribution in [3.8, 4) is 0 Å². The molecule has 1 heterocycles. The van der Waals surface area contributed by atoms with E-state index in [9.17, 15) is 9.59 Å². The molecule has 5 heteroatoms. The second kappa shape index (κ2) is 8.68. The third kappa shape index (κ3) is 4.96. The molecule has 0 saturated heterocycles. The molecular weight excluding hydrogens is 338 g/mol. The smallest absolute Gasteiger partial charge is 0.243 e. The maximum absolute atomic E-state index is 12.4. The molecule has 27 heavy (non-hydrogen) atoms. The van der Waals surface area contributed by atoms with Gasteiger partial charge in [-0.15, -0.1) is 0 Å². The minimum Gasteiger partial charge on any atom is -0.353 e. The Morgan fingerprint density at radius 2 is 1.93 bits per heavy atom. The van der Waals surface area contributed by atoms with E-state index in [1.54, 1.807) is 0 Å². The van der Waals surface area contributed by atoms with Crippen molar-refractivity contribution in [1.82, 2.24) is 10.3 Å². The molecule has 5 nitrogen and oxygen atoms in total. The minimum absolute atomic E-state index is 0.00156. The van der Waals surface area contributed by atoms with Gasteiger partial charge in [0.05, 0.1) is 12.3 Å². The molecule has 0 aromatic heterocycles. The number of carbonyl (C=O) groups is 2. The van der Waals surface area contributed by atoms with E-state index in [0.717, 1.165) is 17.7 Å². The van der Waals surface area contributed by atoms with Crippen LogP contribution in [0.3, 0.4) is 0 Å². The highest BCUT2D eigenvalue weighted by molar-refractivity contribution is 6.04. The number of rotatable bonds is 5. The summed E-state index contributed by atoms with van der Waals surface area (Å²) in [7, 11) is 0. The van der Waals surface area contributed by atoms with Gasteiger partial charge in [0.1, 0.15) is 0 Å². The Bertz CT molecular complexity index is 711. The van der Waals surface area contributed by atoms with E-state index in [1.807, 2.05) is 12.1 Å². The molecule has 1 N–H and O–H groups in total. The van der Waals surface area contributed by atoms with Crippen molar-refractivity contribution in [1.29, 1.82) is 0 Å². The van der Waals surface area contributed by atoms with Crippen LogP contribution in [0.4, 0.5) is 0 Å². The van der Waals surface area contributed by atoms with Crippen molar-refractivity contribution in [2.24, 2.45) is 16.9 Å². The first-order chi connectivity index (χ1) is 12.9. The Morgan fingerprint density at radius 1 is 1.19 bits per heavy atom. The molecule has 3 atom stereocenters. The largest absolute Gasteiger partial charge is 0.353 e. The first kappa shape index (κ1) is 19.6. The number of hydrogen-bond acceptors (Lipinski definition) is 3. The number of nitrogens with one attached hydrogen (secondary N) is 1. The summed E-state index contributed by atoms with van der Waals surface area (Å²) in [5.41, 5.74) is 3.17. The molecule has 1 fully saturated rings. The van der Waals surface area contributed by atoms with Crippen molar-refractivity contribution >= 4 is 17.5 Å². The summed E-state index contributed by atoms with van der Waals surface area (Å²) in [6, 6.07) is 8.45. The van der Waals surface area contributed by atoms with Gasteiger partial charge in [0.15, 0.2) is 0 Å². The van der Waals surface area contributed by atoms with E-state index in [2.05, 4.69) is 43.3 Å². The molecule has 2 amide bonds. The van der Waals surface area contributed by atoms with Gasteiger partial charge in [-0.25, -0.2) is 5.01 Å². The topological polar surface area (TPSA) is 61.8 Å². The van der Waals surface area contributed by atoms with Crippen molar-refractivity contribution < 1.29 is 9.59 Å². The summed E-state index contributed by atoms with van der Waals surface area (Å²) in [6.45, 7) is 6.88. The molecule has 2 aliphatic rings. The summed E-state index contributed by atoms with van der Waals surface area (Å²) in [5.74, 6) is 1.17. The molecule has 1 aliphatic heterocycles. The average molecular weight is 370 g/mol. The summed E-state index contributed by atoms with van der Waals surface area (Å²) < 4.78 is 0. The van der Waals surface area contributed by atoms with E-state index in [4.69, 9.17) is 0 Å². The van der Waals surface area contributed by atoms with E-state index < -0.39 is 0 Å². The predicted molar refractivity (Wildman–Crippen MR) is 107 cm³/mol. The van der Waals surface area contributed by atoms with Gasteiger partial charge in [-0.2, -0.15) is 5.10 Å². The molecule has 0 radical (unpaired) electrons. The lowest BCUT2D eigenvalue weighted by Crippen LogP contribution is -2.44. The fourth-order valence-electron chi connectivity index (χ4n) is 4.00. The van der Waals surface area contributed by atoms with Crippen LogP contribution in [-0.2, 0) is 9.59 Å². The lowest BCUT2D eigenvalue weighted by atomic mass is 9.78. The quantitative estimate of drug-likeness (QED) is 0.861. The number of hydrazone groups is 1. The van der Waals surface area contributed by atoms with E-state index >= 15 is 0 Å². The zero-order valence-electron chi connectivity index (χ0n) is 16.7. The Balaban J connectivity index is 1.57. The third-order valence-corrected chi connectivity index (χ3v) is 6.09. The van der Waals surface area contributed by atoms with E-state index in [1.165, 1.54) is 23.4 Å². The first-order valence-corrected chi connectivity index (χ1v) is 10.2. The number of hydrogen-bond donors (Lipinski definition) is 1. The summed E-state index contributed by atoms with van der Waals surface area (Å²) in [6.07, 6.45) is 4.87.